The van der Waals surface area contributed by atoms with E-state index in [0.717, 1.165) is 0 Å². The maximum Gasteiger partial charge on any atom is 0.174 e. The Kier molecular flexibility index (Phi) is 2.72. The molecule has 0 saturated carbocycles. The highest BCUT2D eigenvalue weighted by Crippen LogP contribution is 2.30. The van der Waals surface area contributed by atoms with Gasteiger partial charge in [0.05, 0.1) is 12.8 Å². The Hall–Kier alpha value is -2.10. The summed E-state index contributed by atoms with van der Waals surface area (Å²) in [7, 11) is 1.40. The molecule has 0 aliphatic heterocycles. The van der Waals surface area contributed by atoms with E-state index in [1.807, 2.05) is 0 Å². The number of ether oxygens (including phenoxy) is 1. The number of pyridine rings is 1. The molecule has 0 saturated heterocycles. The Morgan fingerprint density at radius 2 is 2.12 bits per heavy atom. The van der Waals surface area contributed by atoms with E-state index in [4.69, 9.17) is 10.5 Å². The minimum Gasteiger partial charge on any atom is -0.494 e. The normalized spacial score (nSPS) is 10.1. The molecule has 82 valence electrons. The number of benzene rings is 1. The minimum atomic E-state index is -0.449. The lowest BCUT2D eigenvalue weighted by Gasteiger charge is -2.08. The van der Waals surface area contributed by atoms with Gasteiger partial charge in [-0.05, 0) is 18.2 Å². The van der Waals surface area contributed by atoms with Gasteiger partial charge < -0.3 is 10.5 Å². The van der Waals surface area contributed by atoms with Crippen LogP contribution in [0.25, 0.3) is 11.3 Å². The van der Waals surface area contributed by atoms with Crippen LogP contribution in [0.4, 0.5) is 10.1 Å². The van der Waals surface area contributed by atoms with Gasteiger partial charge in [-0.2, -0.15) is 0 Å². The summed E-state index contributed by atoms with van der Waals surface area (Å²) in [6.45, 7) is 0. The molecular formula is C12H11FN2O. The number of methoxy groups -OCH3 is 1. The fourth-order valence-corrected chi connectivity index (χ4v) is 1.48. The van der Waals surface area contributed by atoms with Crippen molar-refractivity contribution in [3.63, 3.8) is 0 Å². The van der Waals surface area contributed by atoms with Crippen molar-refractivity contribution in [1.29, 1.82) is 0 Å². The predicted molar refractivity (Wildman–Crippen MR) is 60.6 cm³/mol. The van der Waals surface area contributed by atoms with Crippen molar-refractivity contribution in [1.82, 2.24) is 4.98 Å². The molecule has 0 bridgehead atoms. The van der Waals surface area contributed by atoms with Crippen LogP contribution in [0.5, 0.6) is 5.75 Å². The lowest BCUT2D eigenvalue weighted by Crippen LogP contribution is -1.96. The molecule has 0 fully saturated rings. The van der Waals surface area contributed by atoms with E-state index in [0.29, 0.717) is 16.9 Å². The topological polar surface area (TPSA) is 48.1 Å². The summed E-state index contributed by atoms with van der Waals surface area (Å²) in [6, 6.07) is 8.27. The average molecular weight is 218 g/mol. The second-order valence-corrected chi connectivity index (χ2v) is 3.30. The highest BCUT2D eigenvalue weighted by molar-refractivity contribution is 5.67. The predicted octanol–water partition coefficient (Wildman–Crippen LogP) is 2.48. The lowest BCUT2D eigenvalue weighted by atomic mass is 10.1. The molecule has 16 heavy (non-hydrogen) atoms. The summed E-state index contributed by atoms with van der Waals surface area (Å²) in [4.78, 5) is 4.08. The monoisotopic (exact) mass is 218 g/mol. The number of anilines is 1. The molecule has 4 heteroatoms. The van der Waals surface area contributed by atoms with Crippen molar-refractivity contribution < 1.29 is 9.13 Å². The number of nitrogens with two attached hydrogens (primary N) is 1. The first kappa shape index (κ1) is 10.4. The maximum atomic E-state index is 13.9. The van der Waals surface area contributed by atoms with Crippen LogP contribution in [0.3, 0.4) is 0 Å². The quantitative estimate of drug-likeness (QED) is 0.788. The molecule has 0 aliphatic carbocycles. The molecule has 2 rings (SSSR count). The van der Waals surface area contributed by atoms with Crippen molar-refractivity contribution in [3.8, 4) is 17.0 Å². The summed E-state index contributed by atoms with van der Waals surface area (Å²) in [6.07, 6.45) is 1.60. The standard InChI is InChI=1S/C12H11FN2O/c1-16-11-7-8(14)6-9(12(11)13)10-4-2-3-5-15-10/h2-7H,14H2,1H3. The lowest BCUT2D eigenvalue weighted by molar-refractivity contribution is 0.387. The fraction of sp³-hybridized carbons (Fsp3) is 0.0833. The molecule has 0 radical (unpaired) electrons. The summed E-state index contributed by atoms with van der Waals surface area (Å²) >= 11 is 0. The number of hydrogen-bond acceptors (Lipinski definition) is 3. The molecule has 0 amide bonds. The van der Waals surface area contributed by atoms with Crippen LogP contribution in [0, 0.1) is 5.82 Å². The first-order valence-corrected chi connectivity index (χ1v) is 4.77. The van der Waals surface area contributed by atoms with Gasteiger partial charge in [-0.15, -0.1) is 0 Å². The Bertz CT molecular complexity index is 500. The molecule has 2 aromatic rings. The van der Waals surface area contributed by atoms with Gasteiger partial charge >= 0.3 is 0 Å². The Labute approximate surface area is 92.7 Å². The zero-order valence-electron chi connectivity index (χ0n) is 8.77. The van der Waals surface area contributed by atoms with Gasteiger partial charge in [0, 0.05) is 23.5 Å². The molecule has 0 atom stereocenters. The largest absolute Gasteiger partial charge is 0.494 e. The zero-order valence-corrected chi connectivity index (χ0v) is 8.77. The van der Waals surface area contributed by atoms with E-state index < -0.39 is 5.82 Å². The van der Waals surface area contributed by atoms with E-state index in [1.54, 1.807) is 30.5 Å². The summed E-state index contributed by atoms with van der Waals surface area (Å²) < 4.78 is 18.8. The molecule has 0 unspecified atom stereocenters. The van der Waals surface area contributed by atoms with Gasteiger partial charge in [-0.1, -0.05) is 6.07 Å². The number of hydrogen-bond donors (Lipinski definition) is 1. The molecule has 0 aliphatic rings. The Balaban J connectivity index is 2.61. The molecule has 0 spiro atoms. The Morgan fingerprint density at radius 1 is 1.31 bits per heavy atom. The number of nitrogens with zero attached hydrogens (tertiary/aromatic N) is 1. The number of halogens is 1. The van der Waals surface area contributed by atoms with Gasteiger partial charge in [0.2, 0.25) is 0 Å². The van der Waals surface area contributed by atoms with Gasteiger partial charge in [0.25, 0.3) is 0 Å². The van der Waals surface area contributed by atoms with Crippen LogP contribution in [0.2, 0.25) is 0 Å². The summed E-state index contributed by atoms with van der Waals surface area (Å²) in [5, 5.41) is 0. The van der Waals surface area contributed by atoms with Crippen molar-refractivity contribution in [3.05, 3.63) is 42.3 Å². The Morgan fingerprint density at radius 3 is 2.75 bits per heavy atom. The fourth-order valence-electron chi connectivity index (χ4n) is 1.48. The van der Waals surface area contributed by atoms with E-state index in [-0.39, 0.29) is 5.75 Å². The highest BCUT2D eigenvalue weighted by Gasteiger charge is 2.12. The zero-order chi connectivity index (χ0) is 11.5. The molecular weight excluding hydrogens is 207 g/mol. The third kappa shape index (κ3) is 1.82. The van der Waals surface area contributed by atoms with Gasteiger partial charge in [-0.3, -0.25) is 4.98 Å². The van der Waals surface area contributed by atoms with E-state index >= 15 is 0 Å². The van der Waals surface area contributed by atoms with Crippen LogP contribution in [0.1, 0.15) is 0 Å². The summed E-state index contributed by atoms with van der Waals surface area (Å²) in [5.74, 6) is -0.323. The van der Waals surface area contributed by atoms with Crippen LogP contribution < -0.4 is 10.5 Å². The van der Waals surface area contributed by atoms with Gasteiger partial charge in [0.15, 0.2) is 11.6 Å². The highest BCUT2D eigenvalue weighted by atomic mass is 19.1. The van der Waals surface area contributed by atoms with Crippen molar-refractivity contribution in [2.75, 3.05) is 12.8 Å². The van der Waals surface area contributed by atoms with E-state index in [1.165, 1.54) is 13.2 Å². The number of nitrogen functional groups attached to an aromatic ring is 1. The van der Waals surface area contributed by atoms with Crippen LogP contribution in [0.15, 0.2) is 36.5 Å². The second-order valence-electron chi connectivity index (χ2n) is 3.30. The van der Waals surface area contributed by atoms with Gasteiger partial charge in [-0.25, -0.2) is 4.39 Å². The van der Waals surface area contributed by atoms with Crippen LogP contribution in [-0.4, -0.2) is 12.1 Å². The van der Waals surface area contributed by atoms with Crippen molar-refractivity contribution >= 4 is 5.69 Å². The van der Waals surface area contributed by atoms with Crippen molar-refractivity contribution in [2.45, 2.75) is 0 Å². The first-order valence-electron chi connectivity index (χ1n) is 4.77. The first-order chi connectivity index (χ1) is 7.72. The number of aromatic nitrogens is 1. The molecule has 1 heterocycles. The maximum absolute atomic E-state index is 13.9. The number of rotatable bonds is 2. The van der Waals surface area contributed by atoms with E-state index in [2.05, 4.69) is 4.98 Å². The molecule has 2 N–H and O–H groups in total. The molecule has 3 nitrogen and oxygen atoms in total. The second kappa shape index (κ2) is 4.18. The third-order valence-corrected chi connectivity index (χ3v) is 2.22. The van der Waals surface area contributed by atoms with Crippen LogP contribution in [-0.2, 0) is 0 Å². The molecule has 1 aromatic heterocycles. The van der Waals surface area contributed by atoms with Crippen molar-refractivity contribution in [2.24, 2.45) is 0 Å². The smallest absolute Gasteiger partial charge is 0.174 e. The van der Waals surface area contributed by atoms with E-state index in [9.17, 15) is 4.39 Å². The minimum absolute atomic E-state index is 0.126. The van der Waals surface area contributed by atoms with Crippen LogP contribution >= 0.6 is 0 Å². The SMILES string of the molecule is COc1cc(N)cc(-c2ccccn2)c1F. The third-order valence-electron chi connectivity index (χ3n) is 2.22. The van der Waals surface area contributed by atoms with Gasteiger partial charge in [0.1, 0.15) is 0 Å². The summed E-state index contributed by atoms with van der Waals surface area (Å²) in [5.41, 5.74) is 6.99. The average Bonchev–Trinajstić information content (AvgIpc) is 2.33. The molecule has 1 aromatic carbocycles.